The predicted octanol–water partition coefficient (Wildman–Crippen LogP) is 1.84. The number of likely N-dealkylation sites (tertiary alicyclic amines) is 1. The topological polar surface area (TPSA) is 35.6 Å². The summed E-state index contributed by atoms with van der Waals surface area (Å²) in [4.78, 5) is 20.1. The Kier molecular flexibility index (Phi) is 4.33. The molecule has 2 fully saturated rings. The average molecular weight is 307 g/mol. The SMILES string of the molecule is Cc1ccc(CN2CCC3(CC2)C(=O)NCCCN3C)s1. The lowest BCUT2D eigenvalue weighted by molar-refractivity contribution is -0.134. The first-order valence-electron chi connectivity index (χ1n) is 7.87. The number of amides is 1. The van der Waals surface area contributed by atoms with Gasteiger partial charge in [-0.25, -0.2) is 0 Å². The number of likely N-dealkylation sites (N-methyl/N-ethyl adjacent to an activating group) is 1. The van der Waals surface area contributed by atoms with Gasteiger partial charge in [-0.15, -0.1) is 11.3 Å². The lowest BCUT2D eigenvalue weighted by atomic mass is 9.85. The molecule has 1 N–H and O–H groups in total. The fourth-order valence-electron chi connectivity index (χ4n) is 3.55. The van der Waals surface area contributed by atoms with Crippen LogP contribution >= 0.6 is 11.3 Å². The molecule has 1 amide bonds. The van der Waals surface area contributed by atoms with E-state index in [0.29, 0.717) is 0 Å². The van der Waals surface area contributed by atoms with Gasteiger partial charge in [0, 0.05) is 42.5 Å². The minimum Gasteiger partial charge on any atom is -0.354 e. The highest BCUT2D eigenvalue weighted by molar-refractivity contribution is 7.11. The van der Waals surface area contributed by atoms with E-state index in [1.54, 1.807) is 0 Å². The molecule has 0 aliphatic carbocycles. The Hall–Kier alpha value is -0.910. The van der Waals surface area contributed by atoms with Crippen molar-refractivity contribution in [2.75, 3.05) is 33.2 Å². The fraction of sp³-hybridized carbons (Fsp3) is 0.688. The molecule has 1 spiro atoms. The molecule has 1 aromatic rings. The van der Waals surface area contributed by atoms with Gasteiger partial charge >= 0.3 is 0 Å². The average Bonchev–Trinajstić information content (AvgIpc) is 2.83. The molecular weight excluding hydrogens is 282 g/mol. The van der Waals surface area contributed by atoms with Crippen LogP contribution in [-0.4, -0.2) is 54.5 Å². The van der Waals surface area contributed by atoms with E-state index in [1.165, 1.54) is 9.75 Å². The molecule has 0 radical (unpaired) electrons. The van der Waals surface area contributed by atoms with Crippen LogP contribution in [0.4, 0.5) is 0 Å². The number of rotatable bonds is 2. The second kappa shape index (κ2) is 6.07. The third kappa shape index (κ3) is 3.00. The van der Waals surface area contributed by atoms with E-state index >= 15 is 0 Å². The third-order valence-electron chi connectivity index (χ3n) is 4.97. The number of carbonyl (C=O) groups is 1. The summed E-state index contributed by atoms with van der Waals surface area (Å²) in [7, 11) is 2.11. The highest BCUT2D eigenvalue weighted by atomic mass is 32.1. The van der Waals surface area contributed by atoms with Gasteiger partial charge in [0.2, 0.25) is 5.91 Å². The van der Waals surface area contributed by atoms with Gasteiger partial charge in [-0.1, -0.05) is 0 Å². The number of nitrogens with zero attached hydrogens (tertiary/aromatic N) is 2. The maximum atomic E-state index is 12.5. The second-order valence-electron chi connectivity index (χ2n) is 6.35. The van der Waals surface area contributed by atoms with Crippen molar-refractivity contribution in [1.82, 2.24) is 15.1 Å². The van der Waals surface area contributed by atoms with E-state index in [9.17, 15) is 4.79 Å². The molecule has 0 atom stereocenters. The minimum atomic E-state index is -0.266. The van der Waals surface area contributed by atoms with E-state index in [-0.39, 0.29) is 11.4 Å². The van der Waals surface area contributed by atoms with Crippen LogP contribution in [0.1, 0.15) is 29.0 Å². The number of aryl methyl sites for hydroxylation is 1. The molecule has 2 aliphatic heterocycles. The van der Waals surface area contributed by atoms with Crippen molar-refractivity contribution < 1.29 is 4.79 Å². The first-order valence-corrected chi connectivity index (χ1v) is 8.69. The Bertz CT molecular complexity index is 505. The van der Waals surface area contributed by atoms with E-state index in [2.05, 4.69) is 41.2 Å². The third-order valence-corrected chi connectivity index (χ3v) is 5.95. The number of carbonyl (C=O) groups excluding carboxylic acids is 1. The van der Waals surface area contributed by atoms with Gasteiger partial charge in [0.1, 0.15) is 5.54 Å². The molecule has 0 saturated carbocycles. The molecule has 4 nitrogen and oxygen atoms in total. The first-order chi connectivity index (χ1) is 10.1. The Labute approximate surface area is 131 Å². The van der Waals surface area contributed by atoms with Crippen molar-refractivity contribution in [3.63, 3.8) is 0 Å². The van der Waals surface area contributed by atoms with Crippen molar-refractivity contribution >= 4 is 17.2 Å². The lowest BCUT2D eigenvalue weighted by Gasteiger charge is -2.44. The van der Waals surface area contributed by atoms with Crippen LogP contribution in [-0.2, 0) is 11.3 Å². The maximum Gasteiger partial charge on any atom is 0.240 e. The van der Waals surface area contributed by atoms with Crippen LogP contribution in [0.2, 0.25) is 0 Å². The number of thiophene rings is 1. The van der Waals surface area contributed by atoms with Crippen molar-refractivity contribution in [2.24, 2.45) is 0 Å². The summed E-state index contributed by atoms with van der Waals surface area (Å²) in [5, 5.41) is 3.11. The zero-order valence-corrected chi connectivity index (χ0v) is 13.8. The van der Waals surface area contributed by atoms with E-state index in [0.717, 1.165) is 52.0 Å². The van der Waals surface area contributed by atoms with Crippen molar-refractivity contribution in [3.8, 4) is 0 Å². The summed E-state index contributed by atoms with van der Waals surface area (Å²) in [6.45, 7) is 7.04. The highest BCUT2D eigenvalue weighted by Crippen LogP contribution is 2.31. The lowest BCUT2D eigenvalue weighted by Crippen LogP contribution is -2.60. The first kappa shape index (κ1) is 15.0. The van der Waals surface area contributed by atoms with Crippen LogP contribution < -0.4 is 5.32 Å². The number of hydrogen-bond acceptors (Lipinski definition) is 4. The van der Waals surface area contributed by atoms with Gasteiger partial charge in [0.05, 0.1) is 0 Å². The van der Waals surface area contributed by atoms with Gasteiger partial charge in [-0.05, 0) is 45.4 Å². The predicted molar refractivity (Wildman–Crippen MR) is 86.6 cm³/mol. The van der Waals surface area contributed by atoms with Gasteiger partial charge in [0.15, 0.2) is 0 Å². The zero-order chi connectivity index (χ0) is 14.9. The van der Waals surface area contributed by atoms with Crippen LogP contribution in [0.3, 0.4) is 0 Å². The van der Waals surface area contributed by atoms with Crippen molar-refractivity contribution in [1.29, 1.82) is 0 Å². The second-order valence-corrected chi connectivity index (χ2v) is 7.72. The Morgan fingerprint density at radius 3 is 2.71 bits per heavy atom. The molecule has 1 aromatic heterocycles. The zero-order valence-electron chi connectivity index (χ0n) is 13.0. The number of nitrogens with one attached hydrogen (secondary N) is 1. The molecule has 2 saturated heterocycles. The van der Waals surface area contributed by atoms with Crippen LogP contribution in [0, 0.1) is 6.92 Å². The van der Waals surface area contributed by atoms with Gasteiger partial charge in [-0.2, -0.15) is 0 Å². The van der Waals surface area contributed by atoms with Crippen molar-refractivity contribution in [3.05, 3.63) is 21.9 Å². The molecule has 116 valence electrons. The van der Waals surface area contributed by atoms with Gasteiger partial charge in [-0.3, -0.25) is 14.6 Å². The summed E-state index contributed by atoms with van der Waals surface area (Å²) in [5.74, 6) is 0.245. The van der Waals surface area contributed by atoms with E-state index in [4.69, 9.17) is 0 Å². The van der Waals surface area contributed by atoms with Crippen molar-refractivity contribution in [2.45, 2.75) is 38.3 Å². The van der Waals surface area contributed by atoms with E-state index < -0.39 is 0 Å². The van der Waals surface area contributed by atoms with E-state index in [1.807, 2.05) is 11.3 Å². The van der Waals surface area contributed by atoms with Gasteiger partial charge in [0.25, 0.3) is 0 Å². The summed E-state index contributed by atoms with van der Waals surface area (Å²) in [5.41, 5.74) is -0.266. The van der Waals surface area contributed by atoms with Crippen LogP contribution in [0.15, 0.2) is 12.1 Å². The molecule has 0 aromatic carbocycles. The normalized spacial score (nSPS) is 24.0. The molecule has 0 bridgehead atoms. The Morgan fingerprint density at radius 2 is 2.05 bits per heavy atom. The molecule has 3 heterocycles. The molecule has 21 heavy (non-hydrogen) atoms. The highest BCUT2D eigenvalue weighted by Gasteiger charge is 2.45. The molecule has 5 heteroatoms. The Morgan fingerprint density at radius 1 is 1.29 bits per heavy atom. The number of hydrogen-bond donors (Lipinski definition) is 1. The fourth-order valence-corrected chi connectivity index (χ4v) is 4.48. The summed E-state index contributed by atoms with van der Waals surface area (Å²) in [6, 6.07) is 4.42. The minimum absolute atomic E-state index is 0.245. The molecule has 3 rings (SSSR count). The summed E-state index contributed by atoms with van der Waals surface area (Å²) >= 11 is 1.88. The molecule has 0 unspecified atom stereocenters. The summed E-state index contributed by atoms with van der Waals surface area (Å²) < 4.78 is 0. The van der Waals surface area contributed by atoms with Crippen LogP contribution in [0.5, 0.6) is 0 Å². The van der Waals surface area contributed by atoms with Crippen LogP contribution in [0.25, 0.3) is 0 Å². The molecular formula is C16H25N3OS. The Balaban J connectivity index is 1.64. The largest absolute Gasteiger partial charge is 0.354 e. The standard InChI is InChI=1S/C16H25N3OS/c1-13-4-5-14(21-13)12-19-10-6-16(7-11-19)15(20)17-8-3-9-18(16)2/h4-5H,3,6-12H2,1-2H3,(H,17,20). The summed E-state index contributed by atoms with van der Waals surface area (Å²) in [6.07, 6.45) is 2.95. The smallest absolute Gasteiger partial charge is 0.240 e. The number of piperidine rings is 1. The quantitative estimate of drug-likeness (QED) is 0.905. The van der Waals surface area contributed by atoms with Gasteiger partial charge < -0.3 is 5.32 Å². The molecule has 2 aliphatic rings. The monoisotopic (exact) mass is 307 g/mol. The maximum absolute atomic E-state index is 12.5.